The SMILES string of the molecule is COc1ccc(OCC(=O)Nc2ccc(N3CCN(C(=O)c4cc5ccccc5o4)CC3)cc2)cc1. The minimum atomic E-state index is -0.240. The summed E-state index contributed by atoms with van der Waals surface area (Å²) in [5, 5.41) is 3.78. The first-order valence-corrected chi connectivity index (χ1v) is 11.8. The van der Waals surface area contributed by atoms with E-state index in [1.807, 2.05) is 53.4 Å². The van der Waals surface area contributed by atoms with Gasteiger partial charge in [0, 0.05) is 42.9 Å². The molecule has 8 nitrogen and oxygen atoms in total. The van der Waals surface area contributed by atoms with E-state index in [0.717, 1.165) is 22.4 Å². The molecule has 184 valence electrons. The zero-order valence-electron chi connectivity index (χ0n) is 20.0. The molecule has 8 heteroatoms. The van der Waals surface area contributed by atoms with E-state index in [9.17, 15) is 9.59 Å². The van der Waals surface area contributed by atoms with Crippen LogP contribution in [0.15, 0.2) is 83.3 Å². The molecule has 0 saturated carbocycles. The van der Waals surface area contributed by atoms with E-state index >= 15 is 0 Å². The molecule has 4 aromatic rings. The number of benzene rings is 3. The van der Waals surface area contributed by atoms with Gasteiger partial charge in [0.05, 0.1) is 7.11 Å². The highest BCUT2D eigenvalue weighted by Crippen LogP contribution is 2.23. The first-order chi connectivity index (χ1) is 17.6. The molecule has 0 unspecified atom stereocenters. The molecule has 1 aromatic heterocycles. The summed E-state index contributed by atoms with van der Waals surface area (Å²) in [6.07, 6.45) is 0. The molecular formula is C28H27N3O5. The van der Waals surface area contributed by atoms with Crippen LogP contribution in [0.25, 0.3) is 11.0 Å². The number of nitrogens with one attached hydrogen (secondary N) is 1. The molecule has 0 radical (unpaired) electrons. The summed E-state index contributed by atoms with van der Waals surface area (Å²) in [7, 11) is 1.60. The highest BCUT2D eigenvalue weighted by atomic mass is 16.5. The molecule has 5 rings (SSSR count). The number of hydrogen-bond acceptors (Lipinski definition) is 6. The normalized spacial score (nSPS) is 13.5. The fourth-order valence-electron chi connectivity index (χ4n) is 4.18. The van der Waals surface area contributed by atoms with Crippen molar-refractivity contribution in [1.29, 1.82) is 0 Å². The lowest BCUT2D eigenvalue weighted by Crippen LogP contribution is -2.48. The Morgan fingerprint density at radius 3 is 2.28 bits per heavy atom. The summed E-state index contributed by atoms with van der Waals surface area (Å²) >= 11 is 0. The second kappa shape index (κ2) is 10.4. The maximum absolute atomic E-state index is 12.9. The van der Waals surface area contributed by atoms with Crippen molar-refractivity contribution in [3.8, 4) is 11.5 Å². The third-order valence-corrected chi connectivity index (χ3v) is 6.15. The van der Waals surface area contributed by atoms with Gasteiger partial charge < -0.3 is 29.0 Å². The average molecular weight is 486 g/mol. The summed E-state index contributed by atoms with van der Waals surface area (Å²) in [6.45, 7) is 2.56. The number of ether oxygens (including phenoxy) is 2. The Hall–Kier alpha value is -4.46. The van der Waals surface area contributed by atoms with Crippen LogP contribution in [-0.2, 0) is 4.79 Å². The monoisotopic (exact) mass is 485 g/mol. The third-order valence-electron chi connectivity index (χ3n) is 6.15. The van der Waals surface area contributed by atoms with Crippen molar-refractivity contribution in [1.82, 2.24) is 4.90 Å². The summed E-state index contributed by atoms with van der Waals surface area (Å²) in [5.41, 5.74) is 2.46. The van der Waals surface area contributed by atoms with Crippen LogP contribution in [0.5, 0.6) is 11.5 Å². The van der Waals surface area contributed by atoms with Crippen molar-refractivity contribution >= 4 is 34.2 Å². The number of amides is 2. The fourth-order valence-corrected chi connectivity index (χ4v) is 4.18. The Labute approximate surface area is 209 Å². The van der Waals surface area contributed by atoms with Crippen LogP contribution in [0.4, 0.5) is 11.4 Å². The number of hydrogen-bond donors (Lipinski definition) is 1. The van der Waals surface area contributed by atoms with E-state index in [-0.39, 0.29) is 18.4 Å². The predicted octanol–water partition coefficient (Wildman–Crippen LogP) is 4.42. The molecule has 1 saturated heterocycles. The third kappa shape index (κ3) is 5.27. The minimum absolute atomic E-state index is 0.0826. The van der Waals surface area contributed by atoms with Crippen molar-refractivity contribution in [2.24, 2.45) is 0 Å². The molecule has 1 fully saturated rings. The summed E-state index contributed by atoms with van der Waals surface area (Å²) in [4.78, 5) is 29.2. The van der Waals surface area contributed by atoms with Crippen molar-refractivity contribution in [3.63, 3.8) is 0 Å². The fraction of sp³-hybridized carbons (Fsp3) is 0.214. The lowest BCUT2D eigenvalue weighted by Gasteiger charge is -2.35. The predicted molar refractivity (Wildman–Crippen MR) is 138 cm³/mol. The Balaban J connectivity index is 1.10. The average Bonchev–Trinajstić information content (AvgIpc) is 3.37. The molecule has 2 amide bonds. The number of carbonyl (C=O) groups is 2. The van der Waals surface area contributed by atoms with Crippen molar-refractivity contribution in [2.45, 2.75) is 0 Å². The van der Waals surface area contributed by atoms with Gasteiger partial charge in [-0.25, -0.2) is 0 Å². The second-order valence-corrected chi connectivity index (χ2v) is 8.49. The highest BCUT2D eigenvalue weighted by Gasteiger charge is 2.24. The van der Waals surface area contributed by atoms with Crippen LogP contribution in [0.1, 0.15) is 10.6 Å². The van der Waals surface area contributed by atoms with Gasteiger partial charge in [0.25, 0.3) is 11.8 Å². The first kappa shape index (κ1) is 23.3. The van der Waals surface area contributed by atoms with Gasteiger partial charge in [-0.1, -0.05) is 18.2 Å². The van der Waals surface area contributed by atoms with Gasteiger partial charge in [-0.05, 0) is 60.7 Å². The molecule has 3 aromatic carbocycles. The molecule has 2 heterocycles. The number of rotatable bonds is 7. The second-order valence-electron chi connectivity index (χ2n) is 8.49. The van der Waals surface area contributed by atoms with Gasteiger partial charge in [0.15, 0.2) is 12.4 Å². The van der Waals surface area contributed by atoms with Gasteiger partial charge in [-0.2, -0.15) is 0 Å². The quantitative estimate of drug-likeness (QED) is 0.417. The smallest absolute Gasteiger partial charge is 0.289 e. The molecule has 1 N–H and O–H groups in total. The number of carbonyl (C=O) groups excluding carboxylic acids is 2. The molecule has 1 aliphatic heterocycles. The summed E-state index contributed by atoms with van der Waals surface area (Å²) in [6, 6.07) is 24.2. The zero-order chi connectivity index (χ0) is 24.9. The van der Waals surface area contributed by atoms with Gasteiger partial charge in [0.1, 0.15) is 17.1 Å². The van der Waals surface area contributed by atoms with Gasteiger partial charge in [0.2, 0.25) is 0 Å². The van der Waals surface area contributed by atoms with Crippen LogP contribution in [-0.4, -0.2) is 56.6 Å². The Morgan fingerprint density at radius 2 is 1.58 bits per heavy atom. The zero-order valence-corrected chi connectivity index (χ0v) is 20.0. The van der Waals surface area contributed by atoms with Crippen LogP contribution in [0, 0.1) is 0 Å². The highest BCUT2D eigenvalue weighted by molar-refractivity contribution is 5.96. The van der Waals surface area contributed by atoms with E-state index < -0.39 is 0 Å². The summed E-state index contributed by atoms with van der Waals surface area (Å²) in [5.74, 6) is 1.38. The van der Waals surface area contributed by atoms with Crippen LogP contribution in [0.2, 0.25) is 0 Å². The van der Waals surface area contributed by atoms with Crippen molar-refractivity contribution < 1.29 is 23.5 Å². The molecule has 1 aliphatic rings. The number of anilines is 2. The number of furan rings is 1. The number of nitrogens with zero attached hydrogens (tertiary/aromatic N) is 2. The molecule has 0 aliphatic carbocycles. The van der Waals surface area contributed by atoms with Crippen molar-refractivity contribution in [3.05, 3.63) is 84.6 Å². The lowest BCUT2D eigenvalue weighted by atomic mass is 10.2. The maximum Gasteiger partial charge on any atom is 0.289 e. The van der Waals surface area contributed by atoms with Crippen LogP contribution >= 0.6 is 0 Å². The molecule has 0 atom stereocenters. The number of methoxy groups -OCH3 is 1. The molecule has 0 bridgehead atoms. The van der Waals surface area contributed by atoms with Crippen molar-refractivity contribution in [2.75, 3.05) is 50.1 Å². The number of piperazine rings is 1. The van der Waals surface area contributed by atoms with Gasteiger partial charge >= 0.3 is 0 Å². The van der Waals surface area contributed by atoms with Crippen LogP contribution < -0.4 is 19.7 Å². The largest absolute Gasteiger partial charge is 0.497 e. The van der Waals surface area contributed by atoms with E-state index in [1.165, 1.54) is 0 Å². The van der Waals surface area contributed by atoms with E-state index in [4.69, 9.17) is 13.9 Å². The lowest BCUT2D eigenvalue weighted by molar-refractivity contribution is -0.118. The molecule has 0 spiro atoms. The molecule has 36 heavy (non-hydrogen) atoms. The maximum atomic E-state index is 12.9. The number of fused-ring (bicyclic) bond motifs is 1. The number of para-hydroxylation sites is 1. The Morgan fingerprint density at radius 1 is 0.889 bits per heavy atom. The Kier molecular flexibility index (Phi) is 6.75. The standard InChI is InChI=1S/C28H27N3O5/c1-34-23-10-12-24(13-11-23)35-19-27(32)29-21-6-8-22(9-7-21)30-14-16-31(17-15-30)28(33)26-18-20-4-2-3-5-25(20)36-26/h2-13,18H,14-17,19H2,1H3,(H,29,32). The first-order valence-electron chi connectivity index (χ1n) is 11.8. The van der Waals surface area contributed by atoms with E-state index in [2.05, 4.69) is 10.2 Å². The summed E-state index contributed by atoms with van der Waals surface area (Å²) < 4.78 is 16.4. The minimum Gasteiger partial charge on any atom is -0.497 e. The topological polar surface area (TPSA) is 84.3 Å². The van der Waals surface area contributed by atoms with E-state index in [0.29, 0.717) is 43.4 Å². The van der Waals surface area contributed by atoms with E-state index in [1.54, 1.807) is 37.4 Å². The molecular weight excluding hydrogens is 458 g/mol. The van der Waals surface area contributed by atoms with Gasteiger partial charge in [-0.15, -0.1) is 0 Å². The Bertz CT molecular complexity index is 1310. The van der Waals surface area contributed by atoms with Crippen LogP contribution in [0.3, 0.4) is 0 Å². The van der Waals surface area contributed by atoms with Gasteiger partial charge in [-0.3, -0.25) is 9.59 Å².